The summed E-state index contributed by atoms with van der Waals surface area (Å²) in [5.41, 5.74) is 2.34. The Morgan fingerprint density at radius 3 is 2.56 bits per heavy atom. The molecule has 0 unspecified atom stereocenters. The van der Waals surface area contributed by atoms with E-state index in [0.717, 1.165) is 22.5 Å². The molecule has 2 aromatic carbocycles. The zero-order chi connectivity index (χ0) is 12.8. The third kappa shape index (κ3) is 3.77. The number of nitrogens with one attached hydrogen (secondary N) is 1. The maximum Gasteiger partial charge on any atom is 0.119 e. The highest BCUT2D eigenvalue weighted by molar-refractivity contribution is 9.10. The maximum atomic E-state index is 5.41. The van der Waals surface area contributed by atoms with Crippen LogP contribution in [0.25, 0.3) is 0 Å². The number of anilines is 1. The molecule has 0 aliphatic carbocycles. The Hall–Kier alpha value is -1.48. The van der Waals surface area contributed by atoms with E-state index >= 15 is 0 Å². The van der Waals surface area contributed by atoms with Gasteiger partial charge in [-0.3, -0.25) is 0 Å². The Kier molecular flexibility index (Phi) is 4.65. The Labute approximate surface area is 116 Å². The smallest absolute Gasteiger partial charge is 0.119 e. The Bertz CT molecular complexity index is 496. The van der Waals surface area contributed by atoms with Crippen LogP contribution in [0.1, 0.15) is 12.5 Å². The second-order valence-corrected chi connectivity index (χ2v) is 4.86. The lowest BCUT2D eigenvalue weighted by molar-refractivity contribution is 0.340. The molecule has 2 aromatic rings. The quantitative estimate of drug-likeness (QED) is 0.880. The highest BCUT2D eigenvalue weighted by Gasteiger charge is 1.96. The fraction of sp³-hybridized carbons (Fsp3) is 0.200. The Balaban J connectivity index is 1.93. The van der Waals surface area contributed by atoms with Gasteiger partial charge in [-0.1, -0.05) is 34.1 Å². The van der Waals surface area contributed by atoms with Gasteiger partial charge in [-0.05, 0) is 42.8 Å². The normalized spacial score (nSPS) is 10.1. The predicted octanol–water partition coefficient (Wildman–Crippen LogP) is 4.46. The number of rotatable bonds is 5. The number of ether oxygens (including phenoxy) is 1. The fourth-order valence-electron chi connectivity index (χ4n) is 1.67. The molecule has 94 valence electrons. The van der Waals surface area contributed by atoms with Gasteiger partial charge < -0.3 is 10.1 Å². The largest absolute Gasteiger partial charge is 0.494 e. The molecule has 0 fully saturated rings. The van der Waals surface area contributed by atoms with Crippen LogP contribution in [0.4, 0.5) is 5.69 Å². The summed E-state index contributed by atoms with van der Waals surface area (Å²) < 4.78 is 6.50. The first-order chi connectivity index (χ1) is 8.78. The van der Waals surface area contributed by atoms with E-state index in [1.54, 1.807) is 0 Å². The van der Waals surface area contributed by atoms with Crippen LogP contribution < -0.4 is 10.1 Å². The summed E-state index contributed by atoms with van der Waals surface area (Å²) in [6, 6.07) is 16.3. The van der Waals surface area contributed by atoms with E-state index in [1.807, 2.05) is 31.2 Å². The van der Waals surface area contributed by atoms with Crippen LogP contribution in [-0.4, -0.2) is 6.61 Å². The first-order valence-electron chi connectivity index (χ1n) is 5.99. The second kappa shape index (κ2) is 6.45. The van der Waals surface area contributed by atoms with Gasteiger partial charge in [-0.15, -0.1) is 0 Å². The number of benzene rings is 2. The SMILES string of the molecule is CCOc1ccc(CNc2cccc(Br)c2)cc1. The predicted molar refractivity (Wildman–Crippen MR) is 79.1 cm³/mol. The Morgan fingerprint density at radius 1 is 1.11 bits per heavy atom. The molecule has 0 aliphatic heterocycles. The molecule has 1 N–H and O–H groups in total. The van der Waals surface area contributed by atoms with Crippen LogP contribution in [0, 0.1) is 0 Å². The summed E-state index contributed by atoms with van der Waals surface area (Å²) in [5, 5.41) is 3.38. The van der Waals surface area contributed by atoms with Crippen molar-refractivity contribution in [3.05, 3.63) is 58.6 Å². The molecule has 0 atom stereocenters. The summed E-state index contributed by atoms with van der Waals surface area (Å²) in [7, 11) is 0. The first kappa shape index (κ1) is 13.0. The zero-order valence-corrected chi connectivity index (χ0v) is 11.9. The van der Waals surface area contributed by atoms with Crippen molar-refractivity contribution in [2.24, 2.45) is 0 Å². The number of hydrogen-bond acceptors (Lipinski definition) is 2. The van der Waals surface area contributed by atoms with E-state index < -0.39 is 0 Å². The van der Waals surface area contributed by atoms with Crippen molar-refractivity contribution in [1.82, 2.24) is 0 Å². The van der Waals surface area contributed by atoms with E-state index in [9.17, 15) is 0 Å². The van der Waals surface area contributed by atoms with Gasteiger partial charge in [0.05, 0.1) is 6.61 Å². The van der Waals surface area contributed by atoms with Gasteiger partial charge in [0, 0.05) is 16.7 Å². The molecule has 0 saturated heterocycles. The lowest BCUT2D eigenvalue weighted by atomic mass is 10.2. The van der Waals surface area contributed by atoms with Crippen LogP contribution in [0.15, 0.2) is 53.0 Å². The molecule has 0 aromatic heterocycles. The fourth-order valence-corrected chi connectivity index (χ4v) is 2.07. The molecule has 0 amide bonds. The van der Waals surface area contributed by atoms with Gasteiger partial charge in [0.2, 0.25) is 0 Å². The monoisotopic (exact) mass is 305 g/mol. The summed E-state index contributed by atoms with van der Waals surface area (Å²) >= 11 is 3.46. The maximum absolute atomic E-state index is 5.41. The van der Waals surface area contributed by atoms with E-state index in [4.69, 9.17) is 4.74 Å². The summed E-state index contributed by atoms with van der Waals surface area (Å²) in [4.78, 5) is 0. The summed E-state index contributed by atoms with van der Waals surface area (Å²) in [6.07, 6.45) is 0. The highest BCUT2D eigenvalue weighted by Crippen LogP contribution is 2.17. The van der Waals surface area contributed by atoms with Crippen molar-refractivity contribution in [3.8, 4) is 5.75 Å². The van der Waals surface area contributed by atoms with Crippen LogP contribution in [0.5, 0.6) is 5.75 Å². The van der Waals surface area contributed by atoms with Gasteiger partial charge >= 0.3 is 0 Å². The average molecular weight is 306 g/mol. The first-order valence-corrected chi connectivity index (χ1v) is 6.78. The average Bonchev–Trinajstić information content (AvgIpc) is 2.38. The van der Waals surface area contributed by atoms with Gasteiger partial charge in [0.25, 0.3) is 0 Å². The third-order valence-corrected chi connectivity index (χ3v) is 3.05. The van der Waals surface area contributed by atoms with E-state index in [1.165, 1.54) is 5.56 Å². The van der Waals surface area contributed by atoms with Gasteiger partial charge in [0.15, 0.2) is 0 Å². The molecule has 0 aliphatic rings. The minimum absolute atomic E-state index is 0.704. The molecular formula is C15H16BrNO. The number of hydrogen-bond donors (Lipinski definition) is 1. The molecule has 2 nitrogen and oxygen atoms in total. The topological polar surface area (TPSA) is 21.3 Å². The molecule has 0 saturated carbocycles. The molecular weight excluding hydrogens is 290 g/mol. The number of halogens is 1. The third-order valence-electron chi connectivity index (χ3n) is 2.56. The minimum Gasteiger partial charge on any atom is -0.494 e. The van der Waals surface area contributed by atoms with Crippen LogP contribution in [0.2, 0.25) is 0 Å². The lowest BCUT2D eigenvalue weighted by Gasteiger charge is -2.08. The van der Waals surface area contributed by atoms with Crippen LogP contribution >= 0.6 is 15.9 Å². The standard InChI is InChI=1S/C15H16BrNO/c1-2-18-15-8-6-12(7-9-15)11-17-14-5-3-4-13(16)10-14/h3-10,17H,2,11H2,1H3. The lowest BCUT2D eigenvalue weighted by Crippen LogP contribution is -1.99. The molecule has 3 heteroatoms. The van der Waals surface area contributed by atoms with Gasteiger partial charge in [-0.25, -0.2) is 0 Å². The second-order valence-electron chi connectivity index (χ2n) is 3.94. The molecule has 2 rings (SSSR count). The highest BCUT2D eigenvalue weighted by atomic mass is 79.9. The molecule has 18 heavy (non-hydrogen) atoms. The van der Waals surface area contributed by atoms with Crippen molar-refractivity contribution in [3.63, 3.8) is 0 Å². The van der Waals surface area contributed by atoms with Crippen molar-refractivity contribution in [2.75, 3.05) is 11.9 Å². The van der Waals surface area contributed by atoms with E-state index in [0.29, 0.717) is 6.61 Å². The minimum atomic E-state index is 0.704. The van der Waals surface area contributed by atoms with Gasteiger partial charge in [-0.2, -0.15) is 0 Å². The van der Waals surface area contributed by atoms with Gasteiger partial charge in [0.1, 0.15) is 5.75 Å². The van der Waals surface area contributed by atoms with Crippen molar-refractivity contribution < 1.29 is 4.74 Å². The summed E-state index contributed by atoms with van der Waals surface area (Å²) in [6.45, 7) is 3.50. The summed E-state index contributed by atoms with van der Waals surface area (Å²) in [5.74, 6) is 0.920. The van der Waals surface area contributed by atoms with E-state index in [-0.39, 0.29) is 0 Å². The molecule has 0 heterocycles. The van der Waals surface area contributed by atoms with Crippen LogP contribution in [0.3, 0.4) is 0 Å². The zero-order valence-electron chi connectivity index (χ0n) is 10.3. The van der Waals surface area contributed by atoms with E-state index in [2.05, 4.69) is 45.5 Å². The van der Waals surface area contributed by atoms with Crippen LogP contribution in [-0.2, 0) is 6.54 Å². The molecule has 0 spiro atoms. The molecule has 0 bridgehead atoms. The molecule has 0 radical (unpaired) electrons. The van der Waals surface area contributed by atoms with Crippen molar-refractivity contribution in [1.29, 1.82) is 0 Å². The van der Waals surface area contributed by atoms with Crippen molar-refractivity contribution >= 4 is 21.6 Å². The van der Waals surface area contributed by atoms with Crippen molar-refractivity contribution in [2.45, 2.75) is 13.5 Å². The Morgan fingerprint density at radius 2 is 1.89 bits per heavy atom.